The molecule has 2 atom stereocenters. The molecule has 0 bridgehead atoms. The molecule has 0 saturated carbocycles. The standard InChI is InChI=1S/C19H25N3O2/c1-2-22-9-8-20-19(22)18-16(4-3-10-24-18)21-13-14-5-6-17-15(12-14)7-11-23-17/h5-6,8-9,12,16,18,21H,2-4,7,10-11,13H2,1H3/t16-,18-/m0/s1. The maximum atomic E-state index is 6.07. The summed E-state index contributed by atoms with van der Waals surface area (Å²) in [5.41, 5.74) is 2.63. The monoisotopic (exact) mass is 327 g/mol. The number of ether oxygens (including phenoxy) is 2. The number of nitrogens with one attached hydrogen (secondary N) is 1. The van der Waals surface area contributed by atoms with Gasteiger partial charge in [0.25, 0.3) is 0 Å². The van der Waals surface area contributed by atoms with Gasteiger partial charge in [0, 0.05) is 44.6 Å². The zero-order valence-electron chi connectivity index (χ0n) is 14.2. The summed E-state index contributed by atoms with van der Waals surface area (Å²) in [6.07, 6.45) is 7.17. The van der Waals surface area contributed by atoms with E-state index in [0.717, 1.165) is 57.1 Å². The van der Waals surface area contributed by atoms with Crippen LogP contribution in [-0.2, 0) is 24.2 Å². The van der Waals surface area contributed by atoms with Crippen molar-refractivity contribution in [2.45, 2.75) is 51.4 Å². The van der Waals surface area contributed by atoms with E-state index >= 15 is 0 Å². The summed E-state index contributed by atoms with van der Waals surface area (Å²) >= 11 is 0. The topological polar surface area (TPSA) is 48.3 Å². The molecule has 2 aliphatic rings. The lowest BCUT2D eigenvalue weighted by molar-refractivity contribution is -0.0182. The molecule has 4 rings (SSSR count). The predicted molar refractivity (Wildman–Crippen MR) is 92.1 cm³/mol. The van der Waals surface area contributed by atoms with Gasteiger partial charge < -0.3 is 19.4 Å². The van der Waals surface area contributed by atoms with E-state index in [0.29, 0.717) is 6.04 Å². The van der Waals surface area contributed by atoms with Crippen molar-refractivity contribution in [1.29, 1.82) is 0 Å². The van der Waals surface area contributed by atoms with Crippen molar-refractivity contribution in [3.8, 4) is 5.75 Å². The Morgan fingerprint density at radius 1 is 1.33 bits per heavy atom. The van der Waals surface area contributed by atoms with Gasteiger partial charge >= 0.3 is 0 Å². The van der Waals surface area contributed by atoms with Gasteiger partial charge in [-0.05, 0) is 37.0 Å². The van der Waals surface area contributed by atoms with Crippen LogP contribution < -0.4 is 10.1 Å². The third-order valence-corrected chi connectivity index (χ3v) is 4.99. The van der Waals surface area contributed by atoms with Gasteiger partial charge in [-0.25, -0.2) is 4.98 Å². The van der Waals surface area contributed by atoms with Gasteiger partial charge in [0.1, 0.15) is 17.7 Å². The van der Waals surface area contributed by atoms with Crippen LogP contribution in [0.5, 0.6) is 5.75 Å². The molecule has 0 spiro atoms. The molecule has 2 aromatic rings. The quantitative estimate of drug-likeness (QED) is 0.917. The first-order valence-corrected chi connectivity index (χ1v) is 8.96. The summed E-state index contributed by atoms with van der Waals surface area (Å²) in [7, 11) is 0. The van der Waals surface area contributed by atoms with Crippen molar-refractivity contribution in [1.82, 2.24) is 14.9 Å². The van der Waals surface area contributed by atoms with Gasteiger partial charge in [0.2, 0.25) is 0 Å². The highest BCUT2D eigenvalue weighted by Crippen LogP contribution is 2.29. The second kappa shape index (κ2) is 6.95. The first-order chi connectivity index (χ1) is 11.8. The third-order valence-electron chi connectivity index (χ3n) is 4.99. The zero-order chi connectivity index (χ0) is 16.4. The molecule has 0 amide bonds. The smallest absolute Gasteiger partial charge is 0.139 e. The minimum absolute atomic E-state index is 0.0338. The predicted octanol–water partition coefficient (Wildman–Crippen LogP) is 2.85. The van der Waals surface area contributed by atoms with Crippen LogP contribution in [0.2, 0.25) is 0 Å². The Bertz CT molecular complexity index is 698. The minimum atomic E-state index is 0.0338. The Morgan fingerprint density at radius 3 is 3.21 bits per heavy atom. The highest BCUT2D eigenvalue weighted by molar-refractivity contribution is 5.39. The first kappa shape index (κ1) is 15.7. The Morgan fingerprint density at radius 2 is 2.29 bits per heavy atom. The molecule has 2 aliphatic heterocycles. The molecular weight excluding hydrogens is 302 g/mol. The third kappa shape index (κ3) is 3.06. The fraction of sp³-hybridized carbons (Fsp3) is 0.526. The van der Waals surface area contributed by atoms with Crippen molar-refractivity contribution >= 4 is 0 Å². The van der Waals surface area contributed by atoms with Crippen molar-refractivity contribution in [2.75, 3.05) is 13.2 Å². The Balaban J connectivity index is 1.46. The minimum Gasteiger partial charge on any atom is -0.493 e. The number of hydrogen-bond acceptors (Lipinski definition) is 4. The van der Waals surface area contributed by atoms with Crippen LogP contribution in [-0.4, -0.2) is 28.8 Å². The van der Waals surface area contributed by atoms with Crippen LogP contribution in [0.15, 0.2) is 30.6 Å². The van der Waals surface area contributed by atoms with Crippen LogP contribution in [0.1, 0.15) is 42.8 Å². The Labute approximate surface area is 143 Å². The van der Waals surface area contributed by atoms with Crippen LogP contribution >= 0.6 is 0 Å². The molecule has 1 saturated heterocycles. The number of imidazole rings is 1. The van der Waals surface area contributed by atoms with Crippen LogP contribution in [0.4, 0.5) is 0 Å². The van der Waals surface area contributed by atoms with Crippen molar-refractivity contribution in [2.24, 2.45) is 0 Å². The van der Waals surface area contributed by atoms with E-state index in [1.54, 1.807) is 0 Å². The average molecular weight is 327 g/mol. The van der Waals surface area contributed by atoms with Crippen molar-refractivity contribution in [3.63, 3.8) is 0 Å². The maximum absolute atomic E-state index is 6.07. The molecule has 0 aliphatic carbocycles. The van der Waals surface area contributed by atoms with Gasteiger partial charge in [-0.15, -0.1) is 0 Å². The molecule has 24 heavy (non-hydrogen) atoms. The molecule has 5 nitrogen and oxygen atoms in total. The number of benzene rings is 1. The molecule has 5 heteroatoms. The fourth-order valence-electron chi connectivity index (χ4n) is 3.69. The van der Waals surface area contributed by atoms with E-state index in [4.69, 9.17) is 9.47 Å². The van der Waals surface area contributed by atoms with Crippen LogP contribution in [0.25, 0.3) is 0 Å². The molecule has 128 valence electrons. The molecule has 3 heterocycles. The Kier molecular flexibility index (Phi) is 4.54. The number of rotatable bonds is 5. The number of aromatic nitrogens is 2. The first-order valence-electron chi connectivity index (χ1n) is 8.96. The van der Waals surface area contributed by atoms with Gasteiger partial charge in [0.05, 0.1) is 6.61 Å². The van der Waals surface area contributed by atoms with E-state index in [1.807, 2.05) is 12.4 Å². The molecule has 1 aromatic heterocycles. The molecule has 1 fully saturated rings. The van der Waals surface area contributed by atoms with Gasteiger partial charge in [0.15, 0.2) is 0 Å². The van der Waals surface area contributed by atoms with Gasteiger partial charge in [-0.3, -0.25) is 0 Å². The molecule has 1 N–H and O–H groups in total. The second-order valence-corrected chi connectivity index (χ2v) is 6.53. The molecule has 0 unspecified atom stereocenters. The summed E-state index contributed by atoms with van der Waals surface area (Å²) in [5.74, 6) is 2.08. The largest absolute Gasteiger partial charge is 0.493 e. The van der Waals surface area contributed by atoms with E-state index in [2.05, 4.69) is 40.0 Å². The lowest BCUT2D eigenvalue weighted by Crippen LogP contribution is -2.40. The molecular formula is C19H25N3O2. The highest BCUT2D eigenvalue weighted by atomic mass is 16.5. The number of fused-ring (bicyclic) bond motifs is 1. The van der Waals surface area contributed by atoms with E-state index in [1.165, 1.54) is 11.1 Å². The number of nitrogens with zero attached hydrogens (tertiary/aromatic N) is 2. The Hall–Kier alpha value is -1.85. The average Bonchev–Trinajstić information content (AvgIpc) is 3.28. The van der Waals surface area contributed by atoms with Crippen LogP contribution in [0.3, 0.4) is 0 Å². The SMILES string of the molecule is CCn1ccnc1[C@H]1OCCC[C@@H]1NCc1ccc2c(c1)CCO2. The summed E-state index contributed by atoms with van der Waals surface area (Å²) in [4.78, 5) is 4.54. The van der Waals surface area contributed by atoms with Gasteiger partial charge in [-0.2, -0.15) is 0 Å². The summed E-state index contributed by atoms with van der Waals surface area (Å²) in [6.45, 7) is 5.54. The molecule has 1 aromatic carbocycles. The molecule has 0 radical (unpaired) electrons. The summed E-state index contributed by atoms with van der Waals surface area (Å²) < 4.78 is 13.8. The fourth-order valence-corrected chi connectivity index (χ4v) is 3.69. The second-order valence-electron chi connectivity index (χ2n) is 6.53. The summed E-state index contributed by atoms with van der Waals surface area (Å²) in [6, 6.07) is 6.82. The normalized spacial score (nSPS) is 23.0. The van der Waals surface area contributed by atoms with Crippen molar-refractivity contribution < 1.29 is 9.47 Å². The summed E-state index contributed by atoms with van der Waals surface area (Å²) in [5, 5.41) is 3.70. The van der Waals surface area contributed by atoms with E-state index in [9.17, 15) is 0 Å². The van der Waals surface area contributed by atoms with E-state index < -0.39 is 0 Å². The zero-order valence-corrected chi connectivity index (χ0v) is 14.2. The van der Waals surface area contributed by atoms with Crippen molar-refractivity contribution in [3.05, 3.63) is 47.5 Å². The highest BCUT2D eigenvalue weighted by Gasteiger charge is 2.30. The number of aryl methyl sites for hydroxylation is 1. The van der Waals surface area contributed by atoms with E-state index in [-0.39, 0.29) is 6.10 Å². The van der Waals surface area contributed by atoms with Crippen LogP contribution in [0, 0.1) is 0 Å². The van der Waals surface area contributed by atoms with Gasteiger partial charge in [-0.1, -0.05) is 12.1 Å². The maximum Gasteiger partial charge on any atom is 0.139 e. The lowest BCUT2D eigenvalue weighted by Gasteiger charge is -2.32. The number of hydrogen-bond donors (Lipinski definition) is 1. The lowest BCUT2D eigenvalue weighted by atomic mass is 10.0.